The molecule has 2 saturated carbocycles. The van der Waals surface area contributed by atoms with E-state index in [1.54, 1.807) is 12.1 Å². The fourth-order valence-electron chi connectivity index (χ4n) is 7.64. The highest BCUT2D eigenvalue weighted by Crippen LogP contribution is 2.55. The van der Waals surface area contributed by atoms with Gasteiger partial charge in [-0.1, -0.05) is 73.5 Å². The average molecular weight is 583 g/mol. The number of fused-ring (bicyclic) bond motifs is 2. The van der Waals surface area contributed by atoms with Crippen LogP contribution in [-0.2, 0) is 32.0 Å². The number of amides is 2. The van der Waals surface area contributed by atoms with Gasteiger partial charge in [0.2, 0.25) is 11.8 Å². The van der Waals surface area contributed by atoms with E-state index in [1.807, 2.05) is 36.4 Å². The molecular weight excluding hydrogens is 544 g/mol. The van der Waals surface area contributed by atoms with Crippen molar-refractivity contribution in [2.45, 2.75) is 70.3 Å². The summed E-state index contributed by atoms with van der Waals surface area (Å²) in [7, 11) is 0. The van der Waals surface area contributed by atoms with E-state index in [4.69, 9.17) is 0 Å². The maximum Gasteiger partial charge on any atom is 0.323 e. The molecule has 224 valence electrons. The Morgan fingerprint density at radius 3 is 2.42 bits per heavy atom. The number of nitrogens with one attached hydrogen (secondary N) is 1. The number of anilines is 1. The fourth-order valence-corrected chi connectivity index (χ4v) is 7.64. The quantitative estimate of drug-likeness (QED) is 0.296. The van der Waals surface area contributed by atoms with Crippen LogP contribution in [0.5, 0.6) is 0 Å². The van der Waals surface area contributed by atoms with Gasteiger partial charge in [0.25, 0.3) is 0 Å². The van der Waals surface area contributed by atoms with Crippen molar-refractivity contribution in [3.8, 4) is 0 Å². The third-order valence-electron chi connectivity index (χ3n) is 10.1. The number of benzene rings is 3. The molecule has 2 fully saturated rings. The van der Waals surface area contributed by atoms with E-state index in [2.05, 4.69) is 23.5 Å². The summed E-state index contributed by atoms with van der Waals surface area (Å²) >= 11 is 0. The van der Waals surface area contributed by atoms with Gasteiger partial charge < -0.3 is 20.4 Å². The molecule has 3 aromatic carbocycles. The maximum atomic E-state index is 14.0. The Morgan fingerprint density at radius 2 is 1.65 bits per heavy atom. The molecule has 3 aliphatic rings. The summed E-state index contributed by atoms with van der Waals surface area (Å²) in [6, 6.07) is 21.2. The van der Waals surface area contributed by atoms with E-state index >= 15 is 0 Å². The minimum Gasteiger partial charge on any atom is -0.481 e. The lowest BCUT2D eigenvalue weighted by Gasteiger charge is -2.31. The molecule has 6 rings (SSSR count). The van der Waals surface area contributed by atoms with Crippen LogP contribution in [0.15, 0.2) is 66.7 Å². The third-order valence-corrected chi connectivity index (χ3v) is 10.1. The third kappa shape index (κ3) is 5.51. The van der Waals surface area contributed by atoms with Gasteiger partial charge in [-0.05, 0) is 79.3 Å². The number of hydrogen-bond donors (Lipinski definition) is 3. The number of aryl methyl sites for hydroxylation is 2. The summed E-state index contributed by atoms with van der Waals surface area (Å²) in [6.45, 7) is -0.431. The van der Waals surface area contributed by atoms with Crippen molar-refractivity contribution in [1.82, 2.24) is 5.32 Å². The van der Waals surface area contributed by atoms with Crippen LogP contribution in [0, 0.1) is 16.7 Å². The van der Waals surface area contributed by atoms with E-state index < -0.39 is 41.3 Å². The van der Waals surface area contributed by atoms with Gasteiger partial charge in [0.1, 0.15) is 6.54 Å². The zero-order valence-electron chi connectivity index (χ0n) is 24.3. The highest BCUT2D eigenvalue weighted by molar-refractivity contribution is 6.04. The van der Waals surface area contributed by atoms with Crippen LogP contribution in [0.25, 0.3) is 10.8 Å². The molecule has 0 radical (unpaired) electrons. The Bertz CT molecular complexity index is 1570. The molecular formula is C35H38N2O6. The zero-order valence-corrected chi connectivity index (χ0v) is 24.3. The molecule has 8 nitrogen and oxygen atoms in total. The Labute approximate surface area is 251 Å². The molecule has 3 N–H and O–H groups in total. The molecule has 2 aliphatic carbocycles. The molecule has 43 heavy (non-hydrogen) atoms. The topological polar surface area (TPSA) is 124 Å². The molecule has 1 aliphatic heterocycles. The van der Waals surface area contributed by atoms with Crippen LogP contribution < -0.4 is 10.2 Å². The zero-order chi connectivity index (χ0) is 30.2. The summed E-state index contributed by atoms with van der Waals surface area (Å²) in [5.74, 6) is -3.07. The van der Waals surface area contributed by atoms with Crippen LogP contribution in [0.2, 0.25) is 0 Å². The number of carboxylic acid groups (broad SMARTS) is 2. The van der Waals surface area contributed by atoms with E-state index in [0.29, 0.717) is 50.6 Å². The lowest BCUT2D eigenvalue weighted by atomic mass is 9.75. The monoisotopic (exact) mass is 582 g/mol. The number of carboxylic acids is 2. The Kier molecular flexibility index (Phi) is 7.71. The molecule has 8 heteroatoms. The second kappa shape index (κ2) is 11.5. The predicted octanol–water partition coefficient (Wildman–Crippen LogP) is 5.36. The number of hydrogen-bond acceptors (Lipinski definition) is 4. The molecule has 0 bridgehead atoms. The Morgan fingerprint density at radius 1 is 0.930 bits per heavy atom. The minimum absolute atomic E-state index is 0.164. The first kappa shape index (κ1) is 28.9. The highest BCUT2D eigenvalue weighted by Gasteiger charge is 2.63. The minimum atomic E-state index is -1.09. The molecule has 3 aromatic rings. The van der Waals surface area contributed by atoms with Gasteiger partial charge in [0.15, 0.2) is 0 Å². The van der Waals surface area contributed by atoms with E-state index in [0.717, 1.165) is 34.7 Å². The number of aliphatic carboxylic acids is 2. The molecule has 1 unspecified atom stereocenters. The van der Waals surface area contributed by atoms with Gasteiger partial charge in [-0.15, -0.1) is 0 Å². The summed E-state index contributed by atoms with van der Waals surface area (Å²) in [5, 5.41) is 25.2. The van der Waals surface area contributed by atoms with Gasteiger partial charge >= 0.3 is 11.9 Å². The number of carbonyl (C=O) groups excluding carboxylic acids is 2. The lowest BCUT2D eigenvalue weighted by molar-refractivity contribution is -0.144. The summed E-state index contributed by atoms with van der Waals surface area (Å²) in [5.41, 5.74) is 1.02. The molecule has 3 atom stereocenters. The summed E-state index contributed by atoms with van der Waals surface area (Å²) < 4.78 is 0. The van der Waals surface area contributed by atoms with Crippen molar-refractivity contribution in [3.05, 3.63) is 77.9 Å². The van der Waals surface area contributed by atoms with E-state index in [-0.39, 0.29) is 18.2 Å². The maximum absolute atomic E-state index is 14.0. The van der Waals surface area contributed by atoms with Crippen molar-refractivity contribution in [1.29, 1.82) is 0 Å². The average Bonchev–Trinajstić information content (AvgIpc) is 3.51. The van der Waals surface area contributed by atoms with Crippen molar-refractivity contribution >= 4 is 40.2 Å². The van der Waals surface area contributed by atoms with Gasteiger partial charge in [0, 0.05) is 11.7 Å². The van der Waals surface area contributed by atoms with Crippen LogP contribution in [-0.4, -0.2) is 46.6 Å². The summed E-state index contributed by atoms with van der Waals surface area (Å²) in [6.07, 6.45) is 5.89. The highest BCUT2D eigenvalue weighted by atomic mass is 16.4. The number of rotatable bonds is 10. The standard InChI is InChI=1S/C35H38N2O6/c38-30(39)22-37-28-13-4-2-9-25(28)16-19-35(33(37)43)21-29(35)36-32(42)34(17-5-6-18-34)20-26(31(40)41)15-14-24-11-7-10-23-8-1-3-12-27(23)24/h1-4,7-13,26,29H,5-6,14-22H2,(H,36,42)(H,38,39)(H,40,41)/t26-,29-,35?/m1/s1. The first-order chi connectivity index (χ1) is 20.7. The van der Waals surface area contributed by atoms with Gasteiger partial charge in [0.05, 0.1) is 16.7 Å². The first-order valence-corrected chi connectivity index (χ1v) is 15.3. The molecule has 1 heterocycles. The molecule has 0 saturated heterocycles. The SMILES string of the molecule is O=C(O)CN1C(=O)C2(CCc3ccccc31)C[C@H]2NC(=O)C1(C[C@@H](CCc2cccc3ccccc23)C(=O)O)CCCC1. The van der Waals surface area contributed by atoms with Crippen molar-refractivity contribution in [2.75, 3.05) is 11.4 Å². The van der Waals surface area contributed by atoms with Crippen molar-refractivity contribution in [2.24, 2.45) is 16.7 Å². The largest absolute Gasteiger partial charge is 0.481 e. The van der Waals surface area contributed by atoms with Crippen molar-refractivity contribution < 1.29 is 29.4 Å². The second-order valence-electron chi connectivity index (χ2n) is 12.7. The second-order valence-corrected chi connectivity index (χ2v) is 12.7. The lowest BCUT2D eigenvalue weighted by Crippen LogP contribution is -2.47. The van der Waals surface area contributed by atoms with Gasteiger partial charge in [-0.25, -0.2) is 0 Å². The van der Waals surface area contributed by atoms with Crippen molar-refractivity contribution in [3.63, 3.8) is 0 Å². The molecule has 1 spiro atoms. The van der Waals surface area contributed by atoms with E-state index in [1.165, 1.54) is 4.90 Å². The predicted molar refractivity (Wildman–Crippen MR) is 163 cm³/mol. The first-order valence-electron chi connectivity index (χ1n) is 15.3. The van der Waals surface area contributed by atoms with E-state index in [9.17, 15) is 29.4 Å². The summed E-state index contributed by atoms with van der Waals surface area (Å²) in [4.78, 5) is 53.4. The smallest absolute Gasteiger partial charge is 0.323 e. The molecule has 2 amide bonds. The Hall–Kier alpha value is -4.20. The number of carbonyl (C=O) groups is 4. The van der Waals surface area contributed by atoms with Crippen LogP contribution in [0.3, 0.4) is 0 Å². The number of para-hydroxylation sites is 1. The van der Waals surface area contributed by atoms with Crippen LogP contribution in [0.4, 0.5) is 5.69 Å². The van der Waals surface area contributed by atoms with Gasteiger partial charge in [-0.3, -0.25) is 19.2 Å². The normalized spacial score (nSPS) is 23.0. The molecule has 0 aromatic heterocycles. The van der Waals surface area contributed by atoms with Crippen LogP contribution in [0.1, 0.15) is 62.5 Å². The fraction of sp³-hybridized carbons (Fsp3) is 0.429. The van der Waals surface area contributed by atoms with Crippen LogP contribution >= 0.6 is 0 Å². The Balaban J connectivity index is 1.17. The number of nitrogens with zero attached hydrogens (tertiary/aromatic N) is 1. The van der Waals surface area contributed by atoms with Gasteiger partial charge in [-0.2, -0.15) is 0 Å².